The van der Waals surface area contributed by atoms with Gasteiger partial charge in [-0.2, -0.15) is 0 Å². The molecule has 3 N–H and O–H groups in total. The predicted molar refractivity (Wildman–Crippen MR) is 87.4 cm³/mol. The fourth-order valence-corrected chi connectivity index (χ4v) is 4.72. The molecule has 3 atom stereocenters. The summed E-state index contributed by atoms with van der Waals surface area (Å²) < 4.78 is 1.02. The Kier molecular flexibility index (Phi) is 3.76. The van der Waals surface area contributed by atoms with Crippen LogP contribution in [0.4, 0.5) is 5.69 Å². The molecule has 0 saturated heterocycles. The van der Waals surface area contributed by atoms with Gasteiger partial charge in [0.25, 0.3) is 0 Å². The molecule has 3 unspecified atom stereocenters. The van der Waals surface area contributed by atoms with Crippen LogP contribution in [-0.2, 0) is 0 Å². The van der Waals surface area contributed by atoms with Gasteiger partial charge in [0, 0.05) is 23.6 Å². The van der Waals surface area contributed by atoms with Crippen LogP contribution in [-0.4, -0.2) is 19.4 Å². The first-order valence-electron chi connectivity index (χ1n) is 7.39. The fraction of sp³-hybridized carbons (Fsp3) is 0.562. The summed E-state index contributed by atoms with van der Waals surface area (Å²) in [5, 5.41) is 7.49. The lowest BCUT2D eigenvalue weighted by molar-refractivity contribution is 0.337. The van der Waals surface area contributed by atoms with Gasteiger partial charge in [-0.1, -0.05) is 6.42 Å². The molecule has 108 valence electrons. The molecule has 0 aliphatic heterocycles. The Bertz CT molecular complexity index is 528. The summed E-state index contributed by atoms with van der Waals surface area (Å²) in [6, 6.07) is 5.93. The summed E-state index contributed by atoms with van der Waals surface area (Å²) in [7, 11) is 2.17. The molecule has 2 saturated carbocycles. The molecule has 2 bridgehead atoms. The zero-order valence-electron chi connectivity index (χ0n) is 11.9. The van der Waals surface area contributed by atoms with E-state index in [0.29, 0.717) is 0 Å². The summed E-state index contributed by atoms with van der Waals surface area (Å²) in [5.41, 5.74) is 7.50. The largest absolute Gasteiger partial charge is 0.384 e. The highest BCUT2D eigenvalue weighted by Gasteiger charge is 2.39. The van der Waals surface area contributed by atoms with Gasteiger partial charge in [0.2, 0.25) is 0 Å². The molecule has 3 nitrogen and oxygen atoms in total. The van der Waals surface area contributed by atoms with E-state index in [1.165, 1.54) is 31.4 Å². The maximum absolute atomic E-state index is 7.49. The number of nitrogens with one attached hydrogen (secondary N) is 1. The average Bonchev–Trinajstić information content (AvgIpc) is 3.00. The summed E-state index contributed by atoms with van der Waals surface area (Å²) in [6.07, 6.45) is 5.77. The second kappa shape index (κ2) is 5.40. The van der Waals surface area contributed by atoms with Crippen molar-refractivity contribution in [3.05, 3.63) is 28.2 Å². The molecule has 2 fully saturated rings. The maximum Gasteiger partial charge on any atom is 0.122 e. The van der Waals surface area contributed by atoms with Gasteiger partial charge in [-0.15, -0.1) is 0 Å². The predicted octanol–water partition coefficient (Wildman–Crippen LogP) is 3.61. The van der Waals surface area contributed by atoms with E-state index in [-0.39, 0.29) is 5.84 Å². The van der Waals surface area contributed by atoms with Crippen molar-refractivity contribution in [1.82, 2.24) is 0 Å². The first-order valence-corrected chi connectivity index (χ1v) is 8.19. The highest BCUT2D eigenvalue weighted by molar-refractivity contribution is 9.10. The number of halogens is 1. The molecule has 1 aromatic carbocycles. The van der Waals surface area contributed by atoms with Gasteiger partial charge in [-0.25, -0.2) is 0 Å². The number of hydrogen-bond donors (Lipinski definition) is 2. The SMILES string of the molecule is CN(CC1CC2CCC1C2)c1ccc(C(=N)N)cc1Br. The Morgan fingerprint density at radius 1 is 1.40 bits per heavy atom. The minimum Gasteiger partial charge on any atom is -0.384 e. The molecular formula is C16H22BrN3. The quantitative estimate of drug-likeness (QED) is 0.652. The third-order valence-corrected chi connectivity index (χ3v) is 5.70. The van der Waals surface area contributed by atoms with Crippen LogP contribution in [0.15, 0.2) is 22.7 Å². The Hall–Kier alpha value is -1.03. The standard InChI is InChI=1S/C16H22BrN3/c1-20(9-13-7-10-2-3-11(13)6-10)15-5-4-12(16(18)19)8-14(15)17/h4-5,8,10-11,13H,2-3,6-7,9H2,1H3,(H3,18,19). The molecule has 2 aliphatic rings. The van der Waals surface area contributed by atoms with Crippen LogP contribution >= 0.6 is 15.9 Å². The lowest BCUT2D eigenvalue weighted by Gasteiger charge is -2.29. The molecule has 0 aromatic heterocycles. The molecule has 1 aromatic rings. The number of fused-ring (bicyclic) bond motifs is 2. The van der Waals surface area contributed by atoms with Crippen molar-refractivity contribution >= 4 is 27.5 Å². The molecular weight excluding hydrogens is 314 g/mol. The minimum absolute atomic E-state index is 0.119. The molecule has 20 heavy (non-hydrogen) atoms. The zero-order chi connectivity index (χ0) is 14.3. The fourth-order valence-electron chi connectivity index (χ4n) is 4.03. The first kappa shape index (κ1) is 13.9. The smallest absolute Gasteiger partial charge is 0.122 e. The van der Waals surface area contributed by atoms with Crippen LogP contribution in [0.5, 0.6) is 0 Å². The van der Waals surface area contributed by atoms with Crippen molar-refractivity contribution in [2.24, 2.45) is 23.5 Å². The van der Waals surface area contributed by atoms with Crippen LogP contribution < -0.4 is 10.6 Å². The lowest BCUT2D eigenvalue weighted by Crippen LogP contribution is -2.28. The Labute approximate surface area is 129 Å². The van der Waals surface area contributed by atoms with E-state index in [2.05, 4.69) is 33.9 Å². The van der Waals surface area contributed by atoms with Crippen molar-refractivity contribution in [2.45, 2.75) is 25.7 Å². The third kappa shape index (κ3) is 2.58. The molecule has 0 spiro atoms. The summed E-state index contributed by atoms with van der Waals surface area (Å²) >= 11 is 3.61. The average molecular weight is 336 g/mol. The van der Waals surface area contributed by atoms with Gasteiger partial charge in [0.15, 0.2) is 0 Å². The van der Waals surface area contributed by atoms with E-state index in [1.807, 2.05) is 12.1 Å². The highest BCUT2D eigenvalue weighted by atomic mass is 79.9. The van der Waals surface area contributed by atoms with Gasteiger partial charge in [0.1, 0.15) is 5.84 Å². The van der Waals surface area contributed by atoms with Gasteiger partial charge in [-0.3, -0.25) is 5.41 Å². The summed E-state index contributed by atoms with van der Waals surface area (Å²) in [6.45, 7) is 1.14. The second-order valence-corrected chi connectivity index (χ2v) is 7.25. The molecule has 0 amide bonds. The number of rotatable bonds is 4. The highest BCUT2D eigenvalue weighted by Crippen LogP contribution is 2.48. The number of nitrogens with zero attached hydrogens (tertiary/aromatic N) is 1. The number of nitrogens with two attached hydrogens (primary N) is 1. The van der Waals surface area contributed by atoms with Crippen molar-refractivity contribution in [2.75, 3.05) is 18.5 Å². The van der Waals surface area contributed by atoms with Gasteiger partial charge < -0.3 is 10.6 Å². The van der Waals surface area contributed by atoms with Crippen LogP contribution in [0, 0.1) is 23.2 Å². The van der Waals surface area contributed by atoms with E-state index >= 15 is 0 Å². The molecule has 2 aliphatic carbocycles. The van der Waals surface area contributed by atoms with Crippen LogP contribution in [0.1, 0.15) is 31.2 Å². The van der Waals surface area contributed by atoms with Crippen molar-refractivity contribution in [1.29, 1.82) is 5.41 Å². The molecule has 4 heteroatoms. The van der Waals surface area contributed by atoms with Gasteiger partial charge in [0.05, 0.1) is 5.69 Å². The van der Waals surface area contributed by atoms with Crippen LogP contribution in [0.3, 0.4) is 0 Å². The molecule has 0 radical (unpaired) electrons. The number of amidine groups is 1. The van der Waals surface area contributed by atoms with E-state index in [9.17, 15) is 0 Å². The van der Waals surface area contributed by atoms with E-state index in [4.69, 9.17) is 11.1 Å². The Balaban J connectivity index is 1.71. The van der Waals surface area contributed by atoms with Crippen LogP contribution in [0.2, 0.25) is 0 Å². The van der Waals surface area contributed by atoms with E-state index in [1.54, 1.807) is 0 Å². The van der Waals surface area contributed by atoms with Crippen LogP contribution in [0.25, 0.3) is 0 Å². The van der Waals surface area contributed by atoms with E-state index < -0.39 is 0 Å². The third-order valence-electron chi connectivity index (χ3n) is 5.06. The normalized spacial score (nSPS) is 27.8. The first-order chi connectivity index (χ1) is 9.54. The molecule has 0 heterocycles. The Morgan fingerprint density at radius 2 is 2.20 bits per heavy atom. The van der Waals surface area contributed by atoms with Gasteiger partial charge >= 0.3 is 0 Å². The topological polar surface area (TPSA) is 53.1 Å². The number of hydrogen-bond acceptors (Lipinski definition) is 2. The zero-order valence-corrected chi connectivity index (χ0v) is 13.5. The van der Waals surface area contributed by atoms with E-state index in [0.717, 1.165) is 34.3 Å². The van der Waals surface area contributed by atoms with Crippen molar-refractivity contribution in [3.8, 4) is 0 Å². The number of benzene rings is 1. The monoisotopic (exact) mass is 335 g/mol. The maximum atomic E-state index is 7.49. The second-order valence-electron chi connectivity index (χ2n) is 6.40. The lowest BCUT2D eigenvalue weighted by atomic mass is 9.88. The number of nitrogen functional groups attached to an aromatic ring is 1. The Morgan fingerprint density at radius 3 is 2.75 bits per heavy atom. The van der Waals surface area contributed by atoms with Crippen molar-refractivity contribution in [3.63, 3.8) is 0 Å². The summed E-state index contributed by atoms with van der Waals surface area (Å²) in [5.74, 6) is 2.94. The minimum atomic E-state index is 0.119. The molecule has 3 rings (SSSR count). The summed E-state index contributed by atoms with van der Waals surface area (Å²) in [4.78, 5) is 2.35. The van der Waals surface area contributed by atoms with Gasteiger partial charge in [-0.05, 0) is 71.1 Å². The van der Waals surface area contributed by atoms with Crippen molar-refractivity contribution < 1.29 is 0 Å². The number of anilines is 1.